The van der Waals surface area contributed by atoms with Crippen molar-refractivity contribution >= 4 is 29.2 Å². The third-order valence-corrected chi connectivity index (χ3v) is 2.59. The van der Waals surface area contributed by atoms with E-state index in [4.69, 9.17) is 27.9 Å². The van der Waals surface area contributed by atoms with Crippen molar-refractivity contribution in [2.45, 2.75) is 0 Å². The van der Waals surface area contributed by atoms with Crippen molar-refractivity contribution < 1.29 is 9.53 Å². The van der Waals surface area contributed by atoms with Gasteiger partial charge in [-0.05, 0) is 18.2 Å². The lowest BCUT2D eigenvalue weighted by Crippen LogP contribution is -2.09. The van der Waals surface area contributed by atoms with Gasteiger partial charge in [-0.2, -0.15) is 0 Å². The van der Waals surface area contributed by atoms with Crippen molar-refractivity contribution in [2.24, 2.45) is 7.05 Å². The smallest absolute Gasteiger partial charge is 0.346 e. The lowest BCUT2D eigenvalue weighted by molar-refractivity contribution is 0.0727. The predicted molar refractivity (Wildman–Crippen MR) is 64.6 cm³/mol. The van der Waals surface area contributed by atoms with E-state index in [0.717, 1.165) is 0 Å². The van der Waals surface area contributed by atoms with Gasteiger partial charge in [0.25, 0.3) is 0 Å². The van der Waals surface area contributed by atoms with Crippen LogP contribution in [0, 0.1) is 0 Å². The molecular formula is C11H8Cl2N2O2. The molecule has 0 unspecified atom stereocenters. The molecule has 0 fully saturated rings. The van der Waals surface area contributed by atoms with E-state index in [9.17, 15) is 4.79 Å². The summed E-state index contributed by atoms with van der Waals surface area (Å²) in [7, 11) is 1.73. The van der Waals surface area contributed by atoms with Gasteiger partial charge in [-0.1, -0.05) is 23.2 Å². The number of halogens is 2. The Balaban J connectivity index is 2.20. The minimum Gasteiger partial charge on any atom is -0.402 e. The first-order valence-electron chi connectivity index (χ1n) is 4.73. The molecule has 17 heavy (non-hydrogen) atoms. The molecule has 0 atom stereocenters. The van der Waals surface area contributed by atoms with E-state index < -0.39 is 5.97 Å². The zero-order valence-corrected chi connectivity index (χ0v) is 10.4. The number of rotatable bonds is 2. The largest absolute Gasteiger partial charge is 0.402 e. The third kappa shape index (κ3) is 2.78. The van der Waals surface area contributed by atoms with Crippen LogP contribution >= 0.6 is 23.2 Å². The highest BCUT2D eigenvalue weighted by Gasteiger charge is 2.14. The Morgan fingerprint density at radius 3 is 2.71 bits per heavy atom. The van der Waals surface area contributed by atoms with Gasteiger partial charge in [-0.15, -0.1) is 5.10 Å². The molecule has 4 nitrogen and oxygen atoms in total. The average molecular weight is 271 g/mol. The van der Waals surface area contributed by atoms with Crippen LogP contribution in [0.25, 0.3) is 0 Å². The molecule has 1 aromatic carbocycles. The van der Waals surface area contributed by atoms with E-state index in [-0.39, 0.29) is 16.5 Å². The number of benzene rings is 1. The van der Waals surface area contributed by atoms with Crippen LogP contribution in [-0.4, -0.2) is 15.7 Å². The number of esters is 1. The molecule has 1 aromatic heterocycles. The molecule has 0 spiro atoms. The molecule has 0 aliphatic heterocycles. The first kappa shape index (κ1) is 12.0. The molecule has 0 aliphatic rings. The highest BCUT2D eigenvalue weighted by molar-refractivity contribution is 6.36. The van der Waals surface area contributed by atoms with Gasteiger partial charge in [0.15, 0.2) is 0 Å². The van der Waals surface area contributed by atoms with Gasteiger partial charge in [0, 0.05) is 24.3 Å². The van der Waals surface area contributed by atoms with Gasteiger partial charge in [-0.3, -0.25) is 4.68 Å². The molecule has 88 valence electrons. The zero-order valence-electron chi connectivity index (χ0n) is 8.85. The fourth-order valence-electron chi connectivity index (χ4n) is 1.25. The standard InChI is InChI=1S/C11H8Cl2N2O2/c1-15-5-4-10(14-15)17-11(16)8-3-2-7(12)6-9(8)13/h2-6H,1H3. The Morgan fingerprint density at radius 2 is 2.12 bits per heavy atom. The normalized spacial score (nSPS) is 10.3. The Bertz CT molecular complexity index is 566. The number of aromatic nitrogens is 2. The van der Waals surface area contributed by atoms with Crippen LogP contribution in [0.5, 0.6) is 5.88 Å². The van der Waals surface area contributed by atoms with Crippen molar-refractivity contribution in [2.75, 3.05) is 0 Å². The molecule has 1 heterocycles. The van der Waals surface area contributed by atoms with Gasteiger partial charge in [0.05, 0.1) is 10.6 Å². The molecule has 0 aliphatic carbocycles. The number of carbonyl (C=O) groups is 1. The van der Waals surface area contributed by atoms with Gasteiger partial charge in [-0.25, -0.2) is 4.79 Å². The van der Waals surface area contributed by atoms with Crippen molar-refractivity contribution in [1.82, 2.24) is 9.78 Å². The van der Waals surface area contributed by atoms with Crippen LogP contribution in [0.4, 0.5) is 0 Å². The van der Waals surface area contributed by atoms with E-state index in [1.165, 1.54) is 16.8 Å². The van der Waals surface area contributed by atoms with Crippen LogP contribution in [0.15, 0.2) is 30.5 Å². The van der Waals surface area contributed by atoms with Crippen LogP contribution in [-0.2, 0) is 7.05 Å². The quantitative estimate of drug-likeness (QED) is 0.789. The molecule has 6 heteroatoms. The van der Waals surface area contributed by atoms with Crippen molar-refractivity contribution in [1.29, 1.82) is 0 Å². The van der Waals surface area contributed by atoms with Gasteiger partial charge >= 0.3 is 5.97 Å². The topological polar surface area (TPSA) is 44.1 Å². The van der Waals surface area contributed by atoms with Crippen molar-refractivity contribution in [3.63, 3.8) is 0 Å². The number of hydrogen-bond donors (Lipinski definition) is 0. The molecule has 0 bridgehead atoms. The zero-order chi connectivity index (χ0) is 12.4. The van der Waals surface area contributed by atoms with E-state index in [0.29, 0.717) is 5.02 Å². The maximum absolute atomic E-state index is 11.8. The van der Waals surface area contributed by atoms with Crippen LogP contribution < -0.4 is 4.74 Å². The minimum absolute atomic E-state index is 0.225. The van der Waals surface area contributed by atoms with Gasteiger partial charge < -0.3 is 4.74 Å². The van der Waals surface area contributed by atoms with Crippen molar-refractivity contribution in [3.8, 4) is 5.88 Å². The summed E-state index contributed by atoms with van der Waals surface area (Å²) in [6.45, 7) is 0. The number of carbonyl (C=O) groups excluding carboxylic acids is 1. The molecule has 0 N–H and O–H groups in total. The second kappa shape index (κ2) is 4.77. The third-order valence-electron chi connectivity index (χ3n) is 2.04. The number of aryl methyl sites for hydroxylation is 1. The summed E-state index contributed by atoms with van der Waals surface area (Å²) in [5.74, 6) is -0.339. The van der Waals surface area contributed by atoms with Crippen molar-refractivity contribution in [3.05, 3.63) is 46.1 Å². The fraction of sp³-hybridized carbons (Fsp3) is 0.0909. The maximum Gasteiger partial charge on any atom is 0.346 e. The molecule has 2 aromatic rings. The number of hydrogen-bond acceptors (Lipinski definition) is 3. The van der Waals surface area contributed by atoms with Crippen LogP contribution in [0.1, 0.15) is 10.4 Å². The molecule has 0 saturated heterocycles. The summed E-state index contributed by atoms with van der Waals surface area (Å²) in [6, 6.07) is 6.15. The summed E-state index contributed by atoms with van der Waals surface area (Å²) in [5.41, 5.74) is 0.252. The summed E-state index contributed by atoms with van der Waals surface area (Å²) in [4.78, 5) is 11.8. The van der Waals surface area contributed by atoms with E-state index in [1.807, 2.05) is 0 Å². The summed E-state index contributed by atoms with van der Waals surface area (Å²) >= 11 is 11.6. The predicted octanol–water partition coefficient (Wildman–Crippen LogP) is 2.95. The molecule has 0 radical (unpaired) electrons. The Labute approximate surface area is 108 Å². The second-order valence-corrected chi connectivity index (χ2v) is 4.18. The summed E-state index contributed by atoms with van der Waals surface area (Å²) in [5, 5.41) is 4.64. The van der Waals surface area contributed by atoms with E-state index in [1.54, 1.807) is 25.4 Å². The summed E-state index contributed by atoms with van der Waals surface area (Å²) < 4.78 is 6.58. The monoisotopic (exact) mass is 270 g/mol. The number of nitrogens with zero attached hydrogens (tertiary/aromatic N) is 2. The van der Waals surface area contributed by atoms with Crippen LogP contribution in [0.2, 0.25) is 10.0 Å². The highest BCUT2D eigenvalue weighted by atomic mass is 35.5. The first-order chi connectivity index (χ1) is 8.06. The molecule has 0 amide bonds. The van der Waals surface area contributed by atoms with E-state index >= 15 is 0 Å². The van der Waals surface area contributed by atoms with Gasteiger partial charge in [0.2, 0.25) is 5.88 Å². The average Bonchev–Trinajstić information content (AvgIpc) is 2.63. The molecule has 0 saturated carbocycles. The fourth-order valence-corrected chi connectivity index (χ4v) is 1.74. The molecule has 2 rings (SSSR count). The highest BCUT2D eigenvalue weighted by Crippen LogP contribution is 2.22. The SMILES string of the molecule is Cn1ccc(OC(=O)c2ccc(Cl)cc2Cl)n1. The first-order valence-corrected chi connectivity index (χ1v) is 5.49. The summed E-state index contributed by atoms with van der Waals surface area (Å²) in [6.07, 6.45) is 1.67. The Hall–Kier alpha value is -1.52. The van der Waals surface area contributed by atoms with E-state index in [2.05, 4.69) is 5.10 Å². The second-order valence-electron chi connectivity index (χ2n) is 3.34. The Morgan fingerprint density at radius 1 is 1.35 bits per heavy atom. The number of ether oxygens (including phenoxy) is 1. The lowest BCUT2D eigenvalue weighted by Gasteiger charge is -2.03. The maximum atomic E-state index is 11.8. The minimum atomic E-state index is -0.564. The van der Waals surface area contributed by atoms with Gasteiger partial charge in [0.1, 0.15) is 0 Å². The lowest BCUT2D eigenvalue weighted by atomic mass is 10.2. The Kier molecular flexibility index (Phi) is 3.36. The van der Waals surface area contributed by atoms with Crippen LogP contribution in [0.3, 0.4) is 0 Å². The molecular weight excluding hydrogens is 263 g/mol.